The van der Waals surface area contributed by atoms with Gasteiger partial charge in [-0.05, 0) is 36.5 Å². The van der Waals surface area contributed by atoms with Crippen molar-refractivity contribution in [3.8, 4) is 0 Å². The quantitative estimate of drug-likeness (QED) is 0.753. The van der Waals surface area contributed by atoms with Gasteiger partial charge in [0.05, 0.1) is 0 Å². The molecule has 0 aromatic heterocycles. The van der Waals surface area contributed by atoms with Crippen molar-refractivity contribution in [2.45, 2.75) is 32.1 Å². The van der Waals surface area contributed by atoms with Crippen LogP contribution in [0.2, 0.25) is 0 Å². The summed E-state index contributed by atoms with van der Waals surface area (Å²) in [5.41, 5.74) is 2.88. The Morgan fingerprint density at radius 1 is 0.846 bits per heavy atom. The fourth-order valence-electron chi connectivity index (χ4n) is 3.50. The molecule has 136 valence electrons. The van der Waals surface area contributed by atoms with E-state index in [0.29, 0.717) is 18.7 Å². The van der Waals surface area contributed by atoms with Crippen molar-refractivity contribution in [3.05, 3.63) is 71.3 Å². The van der Waals surface area contributed by atoms with Gasteiger partial charge >= 0.3 is 0 Å². The van der Waals surface area contributed by atoms with E-state index in [1.54, 1.807) is 0 Å². The molecule has 2 aromatic carbocycles. The Bertz CT molecular complexity index is 737. The second kappa shape index (κ2) is 9.18. The molecule has 0 saturated heterocycles. The van der Waals surface area contributed by atoms with Gasteiger partial charge < -0.3 is 10.6 Å². The van der Waals surface area contributed by atoms with Crippen LogP contribution >= 0.6 is 0 Å². The Kier molecular flexibility index (Phi) is 6.42. The molecule has 0 atom stereocenters. The third-order valence-electron chi connectivity index (χ3n) is 4.94. The van der Waals surface area contributed by atoms with E-state index in [-0.39, 0.29) is 17.7 Å². The monoisotopic (exact) mass is 350 g/mol. The zero-order valence-electron chi connectivity index (χ0n) is 15.0. The van der Waals surface area contributed by atoms with Crippen LogP contribution in [-0.4, -0.2) is 24.9 Å². The topological polar surface area (TPSA) is 58.2 Å². The number of amides is 2. The van der Waals surface area contributed by atoms with E-state index in [1.165, 1.54) is 5.56 Å². The number of hydrogen-bond donors (Lipinski definition) is 2. The Morgan fingerprint density at radius 2 is 1.50 bits per heavy atom. The van der Waals surface area contributed by atoms with Crippen molar-refractivity contribution in [3.63, 3.8) is 0 Å². The highest BCUT2D eigenvalue weighted by Crippen LogP contribution is 2.24. The van der Waals surface area contributed by atoms with Crippen molar-refractivity contribution in [2.24, 2.45) is 5.92 Å². The van der Waals surface area contributed by atoms with E-state index in [9.17, 15) is 9.59 Å². The summed E-state index contributed by atoms with van der Waals surface area (Å²) in [6.07, 6.45) is 5.00. The molecule has 0 unspecified atom stereocenters. The van der Waals surface area contributed by atoms with Crippen molar-refractivity contribution in [2.75, 3.05) is 13.1 Å². The minimum atomic E-state index is -0.0911. The van der Waals surface area contributed by atoms with Gasteiger partial charge in [0.15, 0.2) is 0 Å². The van der Waals surface area contributed by atoms with Crippen molar-refractivity contribution in [1.29, 1.82) is 0 Å². The molecule has 3 rings (SSSR count). The van der Waals surface area contributed by atoms with Gasteiger partial charge in [0.25, 0.3) is 5.91 Å². The lowest BCUT2D eigenvalue weighted by atomic mass is 9.99. The van der Waals surface area contributed by atoms with Gasteiger partial charge in [-0.25, -0.2) is 0 Å². The molecule has 0 aliphatic heterocycles. The molecule has 1 aliphatic carbocycles. The normalized spacial score (nSPS) is 14.2. The first kappa shape index (κ1) is 18.2. The van der Waals surface area contributed by atoms with Gasteiger partial charge in [0.1, 0.15) is 0 Å². The zero-order chi connectivity index (χ0) is 18.2. The standard InChI is InChI=1S/C22H26N2O2/c25-21(18-10-4-5-11-18)23-14-15-24-22(26)20-13-7-6-12-19(20)16-17-8-2-1-3-9-17/h1-3,6-9,12-13,18H,4-5,10-11,14-16H2,(H,23,25)(H,24,26). The summed E-state index contributed by atoms with van der Waals surface area (Å²) < 4.78 is 0. The number of nitrogens with one attached hydrogen (secondary N) is 2. The predicted octanol–water partition coefficient (Wildman–Crippen LogP) is 3.31. The smallest absolute Gasteiger partial charge is 0.251 e. The van der Waals surface area contributed by atoms with Crippen LogP contribution in [0.15, 0.2) is 54.6 Å². The van der Waals surface area contributed by atoms with Crippen LogP contribution in [0.4, 0.5) is 0 Å². The Labute approximate surface area is 155 Å². The molecular weight excluding hydrogens is 324 g/mol. The Morgan fingerprint density at radius 3 is 2.27 bits per heavy atom. The average molecular weight is 350 g/mol. The minimum absolute atomic E-state index is 0.0911. The molecule has 26 heavy (non-hydrogen) atoms. The second-order valence-electron chi connectivity index (χ2n) is 6.85. The summed E-state index contributed by atoms with van der Waals surface area (Å²) >= 11 is 0. The second-order valence-corrected chi connectivity index (χ2v) is 6.85. The molecular formula is C22H26N2O2. The zero-order valence-corrected chi connectivity index (χ0v) is 15.0. The van der Waals surface area contributed by atoms with Crippen LogP contribution in [0.1, 0.15) is 47.2 Å². The number of rotatable bonds is 7. The number of carbonyl (C=O) groups is 2. The first-order valence-corrected chi connectivity index (χ1v) is 9.42. The Balaban J connectivity index is 1.50. The lowest BCUT2D eigenvalue weighted by Crippen LogP contribution is -2.37. The summed E-state index contributed by atoms with van der Waals surface area (Å²) in [6.45, 7) is 0.916. The molecule has 4 heteroatoms. The minimum Gasteiger partial charge on any atom is -0.354 e. The highest BCUT2D eigenvalue weighted by molar-refractivity contribution is 5.95. The molecule has 1 fully saturated rings. The largest absolute Gasteiger partial charge is 0.354 e. The first-order chi connectivity index (χ1) is 12.7. The summed E-state index contributed by atoms with van der Waals surface area (Å²) in [4.78, 5) is 24.5. The number of hydrogen-bond acceptors (Lipinski definition) is 2. The molecule has 2 N–H and O–H groups in total. The van der Waals surface area contributed by atoms with Gasteiger partial charge in [0.2, 0.25) is 5.91 Å². The van der Waals surface area contributed by atoms with Gasteiger partial charge in [-0.3, -0.25) is 9.59 Å². The highest BCUT2D eigenvalue weighted by atomic mass is 16.2. The molecule has 2 amide bonds. The van der Waals surface area contributed by atoms with Crippen molar-refractivity contribution in [1.82, 2.24) is 10.6 Å². The molecule has 1 aliphatic rings. The average Bonchev–Trinajstić information content (AvgIpc) is 3.21. The summed E-state index contributed by atoms with van der Waals surface area (Å²) in [6, 6.07) is 17.8. The highest BCUT2D eigenvalue weighted by Gasteiger charge is 2.22. The van der Waals surface area contributed by atoms with Crippen LogP contribution in [-0.2, 0) is 11.2 Å². The maximum Gasteiger partial charge on any atom is 0.251 e. The molecule has 2 aromatic rings. The molecule has 1 saturated carbocycles. The van der Waals surface area contributed by atoms with Crippen LogP contribution < -0.4 is 10.6 Å². The molecule has 0 bridgehead atoms. The lowest BCUT2D eigenvalue weighted by molar-refractivity contribution is -0.124. The van der Waals surface area contributed by atoms with Gasteiger partial charge in [-0.2, -0.15) is 0 Å². The first-order valence-electron chi connectivity index (χ1n) is 9.42. The third kappa shape index (κ3) is 4.94. The molecule has 4 nitrogen and oxygen atoms in total. The summed E-state index contributed by atoms with van der Waals surface area (Å²) in [5.74, 6) is 0.199. The number of carbonyl (C=O) groups excluding carboxylic acids is 2. The lowest BCUT2D eigenvalue weighted by Gasteiger charge is -2.12. The van der Waals surface area contributed by atoms with Crippen LogP contribution in [0.5, 0.6) is 0 Å². The molecule has 0 radical (unpaired) electrons. The van der Waals surface area contributed by atoms with Crippen molar-refractivity contribution >= 4 is 11.8 Å². The van der Waals surface area contributed by atoms with Crippen LogP contribution in [0.25, 0.3) is 0 Å². The van der Waals surface area contributed by atoms with Gasteiger partial charge in [-0.1, -0.05) is 61.4 Å². The van der Waals surface area contributed by atoms with E-state index in [2.05, 4.69) is 22.8 Å². The van der Waals surface area contributed by atoms with E-state index < -0.39 is 0 Å². The molecule has 0 heterocycles. The van der Waals surface area contributed by atoms with Crippen LogP contribution in [0, 0.1) is 5.92 Å². The maximum absolute atomic E-state index is 12.5. The van der Waals surface area contributed by atoms with Crippen LogP contribution in [0.3, 0.4) is 0 Å². The maximum atomic E-state index is 12.5. The molecule has 0 spiro atoms. The van der Waals surface area contributed by atoms with Gasteiger partial charge in [0, 0.05) is 24.6 Å². The van der Waals surface area contributed by atoms with E-state index >= 15 is 0 Å². The fourth-order valence-corrected chi connectivity index (χ4v) is 3.50. The van der Waals surface area contributed by atoms with Gasteiger partial charge in [-0.15, -0.1) is 0 Å². The summed E-state index contributed by atoms with van der Waals surface area (Å²) in [7, 11) is 0. The van der Waals surface area contributed by atoms with Crippen molar-refractivity contribution < 1.29 is 9.59 Å². The summed E-state index contributed by atoms with van der Waals surface area (Å²) in [5, 5.41) is 5.85. The van der Waals surface area contributed by atoms with E-state index in [4.69, 9.17) is 0 Å². The van der Waals surface area contributed by atoms with E-state index in [1.807, 2.05) is 42.5 Å². The van der Waals surface area contributed by atoms with E-state index in [0.717, 1.165) is 37.7 Å². The SMILES string of the molecule is O=C(NCCNC(=O)C1CCCC1)c1ccccc1Cc1ccccc1. The number of benzene rings is 2. The predicted molar refractivity (Wildman–Crippen MR) is 103 cm³/mol. The Hall–Kier alpha value is -2.62. The fraction of sp³-hybridized carbons (Fsp3) is 0.364. The third-order valence-corrected chi connectivity index (χ3v) is 4.94.